The summed E-state index contributed by atoms with van der Waals surface area (Å²) in [5, 5.41) is 0. The molecule has 2 aliphatic heterocycles. The molecule has 2 saturated heterocycles. The van der Waals surface area contributed by atoms with Crippen molar-refractivity contribution in [2.45, 2.75) is 18.9 Å². The summed E-state index contributed by atoms with van der Waals surface area (Å²) < 4.78 is 5.34. The molecule has 2 fully saturated rings. The molecule has 0 N–H and O–H groups in total. The SMILES string of the molecule is O=C([C@H]1CCCN1C(=O)c1cccc(-c2ccccc2)c1)N1CCOCC1. The Labute approximate surface area is 159 Å². The number of carbonyl (C=O) groups is 2. The van der Waals surface area contributed by atoms with Crippen LogP contribution >= 0.6 is 0 Å². The van der Waals surface area contributed by atoms with Gasteiger partial charge in [0.1, 0.15) is 6.04 Å². The van der Waals surface area contributed by atoms with Crippen LogP contribution in [0.1, 0.15) is 23.2 Å². The molecule has 27 heavy (non-hydrogen) atoms. The molecule has 0 unspecified atom stereocenters. The summed E-state index contributed by atoms with van der Waals surface area (Å²) in [4.78, 5) is 29.7. The van der Waals surface area contributed by atoms with E-state index in [-0.39, 0.29) is 17.9 Å². The zero-order valence-corrected chi connectivity index (χ0v) is 15.3. The second-order valence-electron chi connectivity index (χ2n) is 7.04. The molecule has 2 heterocycles. The number of amides is 2. The van der Waals surface area contributed by atoms with Crippen LogP contribution in [0.3, 0.4) is 0 Å². The monoisotopic (exact) mass is 364 g/mol. The molecule has 2 amide bonds. The van der Waals surface area contributed by atoms with Crippen molar-refractivity contribution in [2.24, 2.45) is 0 Å². The fourth-order valence-electron chi connectivity index (χ4n) is 3.89. The minimum Gasteiger partial charge on any atom is -0.378 e. The number of rotatable bonds is 3. The quantitative estimate of drug-likeness (QED) is 0.842. The van der Waals surface area contributed by atoms with Gasteiger partial charge in [0.25, 0.3) is 5.91 Å². The van der Waals surface area contributed by atoms with Gasteiger partial charge in [0, 0.05) is 25.2 Å². The molecule has 5 heteroatoms. The third kappa shape index (κ3) is 3.74. The van der Waals surface area contributed by atoms with Crippen LogP contribution in [0.4, 0.5) is 0 Å². The Hall–Kier alpha value is -2.66. The van der Waals surface area contributed by atoms with Gasteiger partial charge in [-0.15, -0.1) is 0 Å². The molecule has 4 rings (SSSR count). The van der Waals surface area contributed by atoms with E-state index >= 15 is 0 Å². The summed E-state index contributed by atoms with van der Waals surface area (Å²) in [6.07, 6.45) is 1.60. The van der Waals surface area contributed by atoms with Gasteiger partial charge >= 0.3 is 0 Å². The smallest absolute Gasteiger partial charge is 0.254 e. The number of likely N-dealkylation sites (tertiary alicyclic amines) is 1. The maximum atomic E-state index is 13.2. The first-order chi connectivity index (χ1) is 13.2. The van der Waals surface area contributed by atoms with Gasteiger partial charge < -0.3 is 14.5 Å². The molecule has 2 aromatic rings. The van der Waals surface area contributed by atoms with Gasteiger partial charge in [0.15, 0.2) is 0 Å². The fourth-order valence-corrected chi connectivity index (χ4v) is 3.89. The lowest BCUT2D eigenvalue weighted by Gasteiger charge is -2.32. The highest BCUT2D eigenvalue weighted by Gasteiger charge is 2.37. The first-order valence-electron chi connectivity index (χ1n) is 9.57. The number of morpholine rings is 1. The van der Waals surface area contributed by atoms with E-state index < -0.39 is 0 Å². The average Bonchev–Trinajstić information content (AvgIpc) is 3.24. The lowest BCUT2D eigenvalue weighted by Crippen LogP contribution is -2.51. The summed E-state index contributed by atoms with van der Waals surface area (Å²) in [6, 6.07) is 17.3. The molecule has 0 aliphatic carbocycles. The largest absolute Gasteiger partial charge is 0.378 e. The zero-order valence-electron chi connectivity index (χ0n) is 15.3. The topological polar surface area (TPSA) is 49.9 Å². The molecule has 2 aliphatic rings. The summed E-state index contributed by atoms with van der Waals surface area (Å²) in [6.45, 7) is 3.01. The Morgan fingerprint density at radius 1 is 0.889 bits per heavy atom. The lowest BCUT2D eigenvalue weighted by atomic mass is 10.0. The van der Waals surface area contributed by atoms with E-state index in [1.165, 1.54) is 0 Å². The predicted molar refractivity (Wildman–Crippen MR) is 103 cm³/mol. The van der Waals surface area contributed by atoms with Crippen molar-refractivity contribution in [1.29, 1.82) is 0 Å². The maximum Gasteiger partial charge on any atom is 0.254 e. The van der Waals surface area contributed by atoms with E-state index in [1.807, 2.05) is 59.5 Å². The molecule has 140 valence electrons. The van der Waals surface area contributed by atoms with Crippen LogP contribution in [0.5, 0.6) is 0 Å². The van der Waals surface area contributed by atoms with Crippen molar-refractivity contribution in [3.8, 4) is 11.1 Å². The number of carbonyl (C=O) groups excluding carboxylic acids is 2. The number of hydrogen-bond donors (Lipinski definition) is 0. The average molecular weight is 364 g/mol. The van der Waals surface area contributed by atoms with Gasteiger partial charge in [-0.1, -0.05) is 42.5 Å². The highest BCUT2D eigenvalue weighted by molar-refractivity contribution is 5.98. The number of hydrogen-bond acceptors (Lipinski definition) is 3. The van der Waals surface area contributed by atoms with Crippen LogP contribution in [0.15, 0.2) is 54.6 Å². The molecule has 0 bridgehead atoms. The highest BCUT2D eigenvalue weighted by Crippen LogP contribution is 2.25. The first-order valence-corrected chi connectivity index (χ1v) is 9.57. The van der Waals surface area contributed by atoms with Gasteiger partial charge in [-0.2, -0.15) is 0 Å². The molecular formula is C22H24N2O3. The molecule has 0 radical (unpaired) electrons. The maximum absolute atomic E-state index is 13.2. The van der Waals surface area contributed by atoms with E-state index in [0.717, 1.165) is 24.0 Å². The van der Waals surface area contributed by atoms with Crippen molar-refractivity contribution >= 4 is 11.8 Å². The molecule has 1 atom stereocenters. The van der Waals surface area contributed by atoms with Crippen LogP contribution in [-0.4, -0.2) is 60.5 Å². The Morgan fingerprint density at radius 3 is 2.41 bits per heavy atom. The van der Waals surface area contributed by atoms with Crippen molar-refractivity contribution in [2.75, 3.05) is 32.8 Å². The van der Waals surface area contributed by atoms with E-state index in [0.29, 0.717) is 38.4 Å². The van der Waals surface area contributed by atoms with Gasteiger partial charge in [0.05, 0.1) is 13.2 Å². The van der Waals surface area contributed by atoms with Crippen LogP contribution in [-0.2, 0) is 9.53 Å². The first kappa shape index (κ1) is 17.7. The number of ether oxygens (including phenoxy) is 1. The van der Waals surface area contributed by atoms with Crippen molar-refractivity contribution < 1.29 is 14.3 Å². The second kappa shape index (κ2) is 7.92. The third-order valence-electron chi connectivity index (χ3n) is 5.34. The van der Waals surface area contributed by atoms with Crippen molar-refractivity contribution in [3.63, 3.8) is 0 Å². The Kier molecular flexibility index (Phi) is 5.21. The third-order valence-corrected chi connectivity index (χ3v) is 5.34. The Morgan fingerprint density at radius 2 is 1.63 bits per heavy atom. The van der Waals surface area contributed by atoms with Gasteiger partial charge in [0.2, 0.25) is 5.91 Å². The lowest BCUT2D eigenvalue weighted by molar-refractivity contribution is -0.139. The van der Waals surface area contributed by atoms with Crippen molar-refractivity contribution in [1.82, 2.24) is 9.80 Å². The summed E-state index contributed by atoms with van der Waals surface area (Å²) in [7, 11) is 0. The molecule has 0 aromatic heterocycles. The standard InChI is InChI=1S/C22H24N2O3/c25-21(19-9-4-8-18(16-19)17-6-2-1-3-7-17)24-11-5-10-20(24)22(26)23-12-14-27-15-13-23/h1-4,6-9,16,20H,5,10-15H2/t20-/m1/s1. The zero-order chi connectivity index (χ0) is 18.6. The van der Waals surface area contributed by atoms with Gasteiger partial charge in [-0.05, 0) is 36.1 Å². The minimum absolute atomic E-state index is 0.0584. The van der Waals surface area contributed by atoms with E-state index in [1.54, 1.807) is 4.90 Å². The van der Waals surface area contributed by atoms with Crippen LogP contribution in [0.25, 0.3) is 11.1 Å². The van der Waals surface area contributed by atoms with Gasteiger partial charge in [-0.3, -0.25) is 9.59 Å². The Balaban J connectivity index is 1.54. The molecular weight excluding hydrogens is 340 g/mol. The van der Waals surface area contributed by atoms with Crippen LogP contribution < -0.4 is 0 Å². The summed E-state index contributed by atoms with van der Waals surface area (Å²) in [5.74, 6) is 0.000236. The molecule has 5 nitrogen and oxygen atoms in total. The second-order valence-corrected chi connectivity index (χ2v) is 7.04. The normalized spacial score (nSPS) is 19.9. The minimum atomic E-state index is -0.351. The van der Waals surface area contributed by atoms with Crippen LogP contribution in [0.2, 0.25) is 0 Å². The fraction of sp³-hybridized carbons (Fsp3) is 0.364. The molecule has 0 spiro atoms. The number of benzene rings is 2. The molecule has 2 aromatic carbocycles. The Bertz CT molecular complexity index is 815. The van der Waals surface area contributed by atoms with E-state index in [9.17, 15) is 9.59 Å². The van der Waals surface area contributed by atoms with Crippen molar-refractivity contribution in [3.05, 3.63) is 60.2 Å². The summed E-state index contributed by atoms with van der Waals surface area (Å²) in [5.41, 5.74) is 2.73. The van der Waals surface area contributed by atoms with E-state index in [4.69, 9.17) is 4.74 Å². The number of nitrogens with zero attached hydrogens (tertiary/aromatic N) is 2. The van der Waals surface area contributed by atoms with Gasteiger partial charge in [-0.25, -0.2) is 0 Å². The predicted octanol–water partition coefficient (Wildman–Crippen LogP) is 2.82. The molecule has 0 saturated carbocycles. The highest BCUT2D eigenvalue weighted by atomic mass is 16.5. The summed E-state index contributed by atoms with van der Waals surface area (Å²) >= 11 is 0. The van der Waals surface area contributed by atoms with Crippen LogP contribution in [0, 0.1) is 0 Å². The van der Waals surface area contributed by atoms with E-state index in [2.05, 4.69) is 0 Å².